The summed E-state index contributed by atoms with van der Waals surface area (Å²) in [7, 11) is -0.766. The number of rotatable bonds is 1. The standard InChI is InChI=1S/C5H11Si.Mo/c1-5-6(2,3)4;/h5H2,2-4H3;. The molecule has 0 unspecified atom stereocenters. The Kier molecular flexibility index (Phi) is 3.14. The minimum absolute atomic E-state index is 0.766. The molecule has 7 heavy (non-hydrogen) atoms. The quantitative estimate of drug-likeness (QED) is 0.560. The molecule has 0 heterocycles. The van der Waals surface area contributed by atoms with Crippen molar-refractivity contribution in [2.24, 2.45) is 0 Å². The van der Waals surface area contributed by atoms with E-state index in [0.29, 0.717) is 0 Å². The van der Waals surface area contributed by atoms with Gasteiger partial charge in [0.2, 0.25) is 0 Å². The van der Waals surface area contributed by atoms with Gasteiger partial charge in [0.1, 0.15) is 0 Å². The molecule has 0 radical (unpaired) electrons. The van der Waals surface area contributed by atoms with Crippen molar-refractivity contribution in [3.8, 4) is 4.20 Å². The van der Waals surface area contributed by atoms with Gasteiger partial charge in [-0.3, -0.25) is 0 Å². The summed E-state index contributed by atoms with van der Waals surface area (Å²) in [6.07, 6.45) is 0. The first-order valence-corrected chi connectivity index (χ1v) is 7.12. The maximum atomic E-state index is 3.18. The molecule has 0 fully saturated rings. The van der Waals surface area contributed by atoms with E-state index < -0.39 is 8.07 Å². The van der Waals surface area contributed by atoms with Crippen LogP contribution >= 0.6 is 0 Å². The zero-order chi connectivity index (χ0) is 5.91. The molecule has 0 spiro atoms. The van der Waals surface area contributed by atoms with Crippen molar-refractivity contribution < 1.29 is 19.2 Å². The molecule has 0 saturated heterocycles. The molecule has 0 bridgehead atoms. The second kappa shape index (κ2) is 2.86. The summed E-state index contributed by atoms with van der Waals surface area (Å²) in [4.78, 5) is 0. The van der Waals surface area contributed by atoms with Gasteiger partial charge in [0.15, 0.2) is 0 Å². The molecular weight excluding hydrogens is 184 g/mol. The van der Waals surface area contributed by atoms with Crippen molar-refractivity contribution in [1.82, 2.24) is 0 Å². The van der Waals surface area contributed by atoms with E-state index in [4.69, 9.17) is 0 Å². The summed E-state index contributed by atoms with van der Waals surface area (Å²) >= 11 is 1.95. The van der Waals surface area contributed by atoms with Gasteiger partial charge in [-0.25, -0.2) is 0 Å². The van der Waals surface area contributed by atoms with Crippen LogP contribution in [0.3, 0.4) is 0 Å². The van der Waals surface area contributed by atoms with Gasteiger partial charge in [0.25, 0.3) is 0 Å². The summed E-state index contributed by atoms with van der Waals surface area (Å²) in [6, 6.07) is 1.23. The van der Waals surface area contributed by atoms with E-state index in [-0.39, 0.29) is 0 Å². The minimum atomic E-state index is -0.766. The third-order valence-electron chi connectivity index (χ3n) is 0.602. The molecule has 0 aliphatic carbocycles. The average Bonchev–Trinajstić information content (AvgIpc) is 1.30. The van der Waals surface area contributed by atoms with Crippen LogP contribution in [0.25, 0.3) is 0 Å². The molecular formula is C5H11MoSi. The fraction of sp³-hybridized carbons (Fsp3) is 0.800. The van der Waals surface area contributed by atoms with E-state index in [1.54, 1.807) is 0 Å². The van der Waals surface area contributed by atoms with Crippen molar-refractivity contribution in [3.63, 3.8) is 0 Å². The Labute approximate surface area is 57.3 Å². The van der Waals surface area contributed by atoms with Crippen LogP contribution in [-0.2, 0) is 19.2 Å². The summed E-state index contributed by atoms with van der Waals surface area (Å²) in [5.41, 5.74) is 0. The van der Waals surface area contributed by atoms with Crippen LogP contribution in [0.5, 0.6) is 0 Å². The fourth-order valence-corrected chi connectivity index (χ4v) is 3.84. The summed E-state index contributed by atoms with van der Waals surface area (Å²) in [5.74, 6) is 0. The van der Waals surface area contributed by atoms with Gasteiger partial charge in [-0.1, -0.05) is 0 Å². The van der Waals surface area contributed by atoms with Gasteiger partial charge in [0, 0.05) is 0 Å². The molecule has 0 atom stereocenters. The van der Waals surface area contributed by atoms with Crippen molar-refractivity contribution in [1.29, 1.82) is 0 Å². The summed E-state index contributed by atoms with van der Waals surface area (Å²) < 4.78 is 3.18. The topological polar surface area (TPSA) is 0 Å². The Morgan fingerprint density at radius 2 is 1.86 bits per heavy atom. The molecule has 0 rings (SSSR count). The molecule has 0 nitrogen and oxygen atoms in total. The van der Waals surface area contributed by atoms with E-state index >= 15 is 0 Å². The molecule has 0 aliphatic rings. The SMILES string of the molecule is C[Si](C)(C)C[C]#[Mo]. The van der Waals surface area contributed by atoms with Crippen LogP contribution in [0.1, 0.15) is 0 Å². The van der Waals surface area contributed by atoms with Crippen molar-refractivity contribution in [3.05, 3.63) is 0 Å². The Bertz CT molecular complexity index is 85.2. The number of hydrogen-bond acceptors (Lipinski definition) is 0. The predicted molar refractivity (Wildman–Crippen MR) is 32.0 cm³/mol. The molecule has 2 heteroatoms. The van der Waals surface area contributed by atoms with Crippen LogP contribution in [-0.4, -0.2) is 8.07 Å². The molecule has 0 amide bonds. The van der Waals surface area contributed by atoms with Crippen LogP contribution < -0.4 is 0 Å². The Hall–Kier alpha value is 0.685. The average molecular weight is 195 g/mol. The molecule has 0 N–H and O–H groups in total. The van der Waals surface area contributed by atoms with Gasteiger partial charge in [-0.05, 0) is 0 Å². The van der Waals surface area contributed by atoms with Crippen LogP contribution in [0.15, 0.2) is 0 Å². The van der Waals surface area contributed by atoms with Gasteiger partial charge >= 0.3 is 57.1 Å². The number of hydrogen-bond donors (Lipinski definition) is 0. The van der Waals surface area contributed by atoms with E-state index in [1.165, 1.54) is 6.04 Å². The second-order valence-electron chi connectivity index (χ2n) is 2.88. The molecule has 0 aromatic carbocycles. The first-order valence-electron chi connectivity index (χ1n) is 2.41. The Morgan fingerprint density at radius 1 is 1.43 bits per heavy atom. The van der Waals surface area contributed by atoms with Gasteiger partial charge in [-0.2, -0.15) is 0 Å². The van der Waals surface area contributed by atoms with Gasteiger partial charge < -0.3 is 0 Å². The molecule has 0 aromatic rings. The van der Waals surface area contributed by atoms with Gasteiger partial charge in [0.05, 0.1) is 0 Å². The summed E-state index contributed by atoms with van der Waals surface area (Å²) in [5, 5.41) is 0. The van der Waals surface area contributed by atoms with E-state index in [2.05, 4.69) is 23.8 Å². The Morgan fingerprint density at radius 3 is 1.86 bits per heavy atom. The van der Waals surface area contributed by atoms with Crippen LogP contribution in [0, 0.1) is 4.20 Å². The third-order valence-corrected chi connectivity index (χ3v) is 2.87. The maximum absolute atomic E-state index is 3.18. The third kappa shape index (κ3) is 6.69. The molecule has 0 aromatic heterocycles. The zero-order valence-corrected chi connectivity index (χ0v) is 8.12. The van der Waals surface area contributed by atoms with Crippen molar-refractivity contribution in [2.75, 3.05) is 0 Å². The van der Waals surface area contributed by atoms with Crippen molar-refractivity contribution >= 4 is 8.07 Å². The molecule has 0 aliphatic heterocycles. The van der Waals surface area contributed by atoms with Gasteiger partial charge in [-0.15, -0.1) is 0 Å². The fourth-order valence-electron chi connectivity index (χ4n) is 0.217. The summed E-state index contributed by atoms with van der Waals surface area (Å²) in [6.45, 7) is 7.06. The molecule has 41 valence electrons. The zero-order valence-electron chi connectivity index (χ0n) is 5.12. The van der Waals surface area contributed by atoms with Crippen molar-refractivity contribution in [2.45, 2.75) is 25.7 Å². The monoisotopic (exact) mass is 197 g/mol. The predicted octanol–water partition coefficient (Wildman–Crippen LogP) is 1.83. The Balaban J connectivity index is 3.40. The van der Waals surface area contributed by atoms with E-state index in [1.807, 2.05) is 19.2 Å². The normalized spacial score (nSPS) is 10.6. The van der Waals surface area contributed by atoms with Crippen LogP contribution in [0.4, 0.5) is 0 Å². The first-order chi connectivity index (χ1) is 3.06. The second-order valence-corrected chi connectivity index (χ2v) is 9.07. The van der Waals surface area contributed by atoms with E-state index in [9.17, 15) is 0 Å². The molecule has 0 saturated carbocycles. The van der Waals surface area contributed by atoms with Crippen LogP contribution in [0.2, 0.25) is 25.7 Å². The van der Waals surface area contributed by atoms with E-state index in [0.717, 1.165) is 0 Å². The first kappa shape index (κ1) is 7.69.